The van der Waals surface area contributed by atoms with Crippen molar-refractivity contribution in [1.82, 2.24) is 4.90 Å². The van der Waals surface area contributed by atoms with E-state index in [-0.39, 0.29) is 12.1 Å². The van der Waals surface area contributed by atoms with Crippen LogP contribution in [-0.4, -0.2) is 35.0 Å². The highest BCUT2D eigenvalue weighted by Gasteiger charge is 2.21. The van der Waals surface area contributed by atoms with Crippen molar-refractivity contribution in [3.8, 4) is 0 Å². The first kappa shape index (κ1) is 14.1. The minimum absolute atomic E-state index is 0.0883. The Labute approximate surface area is 103 Å². The Bertz CT molecular complexity index is 488. The lowest BCUT2D eigenvalue weighted by Gasteiger charge is -2.19. The molecule has 1 aromatic rings. The summed E-state index contributed by atoms with van der Waals surface area (Å²) in [7, 11) is 0. The number of likely N-dealkylation sites (N-methyl/N-ethyl adjacent to an activating group) is 1. The van der Waals surface area contributed by atoms with Crippen LogP contribution >= 0.6 is 0 Å². The summed E-state index contributed by atoms with van der Waals surface area (Å²) >= 11 is 0. The summed E-state index contributed by atoms with van der Waals surface area (Å²) in [6, 6.07) is 1.70. The van der Waals surface area contributed by atoms with Crippen LogP contribution in [0.2, 0.25) is 0 Å². The number of amides is 1. The van der Waals surface area contributed by atoms with Gasteiger partial charge in [0.2, 0.25) is 0 Å². The summed E-state index contributed by atoms with van der Waals surface area (Å²) in [5.74, 6) is -3.61. The largest absolute Gasteiger partial charge is 0.480 e. The first-order valence-corrected chi connectivity index (χ1v) is 5.33. The monoisotopic (exact) mass is 257 g/mol. The van der Waals surface area contributed by atoms with Crippen LogP contribution in [0.1, 0.15) is 22.8 Å². The van der Waals surface area contributed by atoms with E-state index in [2.05, 4.69) is 0 Å². The fourth-order valence-corrected chi connectivity index (χ4v) is 1.47. The average Bonchev–Trinajstić information content (AvgIpc) is 2.29. The zero-order valence-electron chi connectivity index (χ0n) is 10.0. The molecule has 0 aliphatic carbocycles. The summed E-state index contributed by atoms with van der Waals surface area (Å²) in [6.07, 6.45) is 0. The Morgan fingerprint density at radius 2 is 1.89 bits per heavy atom. The molecule has 1 rings (SSSR count). The topological polar surface area (TPSA) is 57.6 Å². The average molecular weight is 257 g/mol. The quantitative estimate of drug-likeness (QED) is 0.895. The summed E-state index contributed by atoms with van der Waals surface area (Å²) in [4.78, 5) is 23.3. The second kappa shape index (κ2) is 5.57. The smallest absolute Gasteiger partial charge is 0.323 e. The van der Waals surface area contributed by atoms with Gasteiger partial charge in [-0.05, 0) is 31.5 Å². The fraction of sp³-hybridized carbons (Fsp3) is 0.333. The highest BCUT2D eigenvalue weighted by Crippen LogP contribution is 2.16. The molecule has 18 heavy (non-hydrogen) atoms. The van der Waals surface area contributed by atoms with Gasteiger partial charge in [-0.1, -0.05) is 0 Å². The van der Waals surface area contributed by atoms with E-state index in [1.165, 1.54) is 6.92 Å². The van der Waals surface area contributed by atoms with E-state index in [9.17, 15) is 18.4 Å². The lowest BCUT2D eigenvalue weighted by Crippen LogP contribution is -2.36. The molecule has 0 radical (unpaired) electrons. The van der Waals surface area contributed by atoms with Crippen molar-refractivity contribution in [3.63, 3.8) is 0 Å². The molecule has 0 atom stereocenters. The van der Waals surface area contributed by atoms with Gasteiger partial charge in [-0.3, -0.25) is 9.59 Å². The van der Waals surface area contributed by atoms with Gasteiger partial charge in [0.15, 0.2) is 0 Å². The number of aliphatic carboxylic acids is 1. The van der Waals surface area contributed by atoms with Crippen LogP contribution in [0.15, 0.2) is 12.1 Å². The number of benzene rings is 1. The van der Waals surface area contributed by atoms with Crippen LogP contribution in [0, 0.1) is 18.6 Å². The molecule has 0 bridgehead atoms. The van der Waals surface area contributed by atoms with Gasteiger partial charge in [-0.25, -0.2) is 8.78 Å². The van der Waals surface area contributed by atoms with Crippen molar-refractivity contribution < 1.29 is 23.5 Å². The Morgan fingerprint density at radius 1 is 1.28 bits per heavy atom. The first-order valence-electron chi connectivity index (χ1n) is 5.33. The normalized spacial score (nSPS) is 10.2. The summed E-state index contributed by atoms with van der Waals surface area (Å²) in [5, 5.41) is 8.62. The number of hydrogen-bond donors (Lipinski definition) is 1. The van der Waals surface area contributed by atoms with Crippen molar-refractivity contribution in [1.29, 1.82) is 0 Å². The number of halogens is 2. The number of carbonyl (C=O) groups is 2. The van der Waals surface area contributed by atoms with Crippen molar-refractivity contribution in [2.24, 2.45) is 0 Å². The predicted molar refractivity (Wildman–Crippen MR) is 60.3 cm³/mol. The van der Waals surface area contributed by atoms with Gasteiger partial charge in [-0.15, -0.1) is 0 Å². The number of rotatable bonds is 4. The van der Waals surface area contributed by atoms with E-state index in [1.54, 1.807) is 6.92 Å². The van der Waals surface area contributed by atoms with Crippen LogP contribution in [0.5, 0.6) is 0 Å². The lowest BCUT2D eigenvalue weighted by atomic mass is 10.1. The lowest BCUT2D eigenvalue weighted by molar-refractivity contribution is -0.137. The molecule has 0 saturated heterocycles. The Balaban J connectivity index is 3.09. The molecule has 0 spiro atoms. The maximum atomic E-state index is 13.6. The van der Waals surface area contributed by atoms with Crippen LogP contribution in [0.3, 0.4) is 0 Å². The molecule has 0 heterocycles. The third-order valence-corrected chi connectivity index (χ3v) is 2.47. The van der Waals surface area contributed by atoms with Gasteiger partial charge in [-0.2, -0.15) is 0 Å². The molecule has 4 nitrogen and oxygen atoms in total. The third kappa shape index (κ3) is 3.03. The van der Waals surface area contributed by atoms with E-state index >= 15 is 0 Å². The predicted octanol–water partition coefficient (Wildman–Crippen LogP) is 1.82. The minimum atomic E-state index is -1.21. The first-order chi connectivity index (χ1) is 8.36. The Kier molecular flexibility index (Phi) is 4.36. The van der Waals surface area contributed by atoms with Gasteiger partial charge in [0.05, 0.1) is 5.56 Å². The Hall–Kier alpha value is -1.98. The minimum Gasteiger partial charge on any atom is -0.480 e. The molecule has 0 fully saturated rings. The number of carboxylic acid groups (broad SMARTS) is 1. The van der Waals surface area contributed by atoms with Crippen LogP contribution in [0.4, 0.5) is 8.78 Å². The van der Waals surface area contributed by atoms with Crippen LogP contribution in [0.25, 0.3) is 0 Å². The molecule has 1 aromatic carbocycles. The highest BCUT2D eigenvalue weighted by molar-refractivity contribution is 5.96. The number of nitrogens with zero attached hydrogens (tertiary/aromatic N) is 1. The summed E-state index contributed by atoms with van der Waals surface area (Å²) < 4.78 is 26.8. The number of hydrogen-bond acceptors (Lipinski definition) is 2. The van der Waals surface area contributed by atoms with Gasteiger partial charge in [0.25, 0.3) is 5.91 Å². The Morgan fingerprint density at radius 3 is 2.39 bits per heavy atom. The number of carboxylic acids is 1. The van der Waals surface area contributed by atoms with E-state index in [0.717, 1.165) is 17.0 Å². The molecule has 0 aromatic heterocycles. The maximum absolute atomic E-state index is 13.6. The molecular weight excluding hydrogens is 244 g/mol. The second-order valence-corrected chi connectivity index (χ2v) is 3.79. The molecular formula is C12H13F2NO3. The fourth-order valence-electron chi connectivity index (χ4n) is 1.47. The molecule has 6 heteroatoms. The molecule has 98 valence electrons. The maximum Gasteiger partial charge on any atom is 0.323 e. The summed E-state index contributed by atoms with van der Waals surface area (Å²) in [6.45, 7) is 2.48. The van der Waals surface area contributed by atoms with Crippen molar-refractivity contribution in [3.05, 3.63) is 34.9 Å². The second-order valence-electron chi connectivity index (χ2n) is 3.79. The molecule has 0 aliphatic rings. The molecule has 0 saturated carbocycles. The van der Waals surface area contributed by atoms with Gasteiger partial charge in [0, 0.05) is 6.54 Å². The number of carbonyl (C=O) groups excluding carboxylic acids is 1. The molecule has 1 N–H and O–H groups in total. The number of aryl methyl sites for hydroxylation is 1. The van der Waals surface area contributed by atoms with E-state index in [1.807, 2.05) is 0 Å². The zero-order chi connectivity index (χ0) is 13.9. The van der Waals surface area contributed by atoms with Crippen LogP contribution in [-0.2, 0) is 4.79 Å². The SMILES string of the molecule is CCN(CC(=O)O)C(=O)c1cc(F)c(C)cc1F. The van der Waals surface area contributed by atoms with Gasteiger partial charge < -0.3 is 10.0 Å². The van der Waals surface area contributed by atoms with Gasteiger partial charge in [0.1, 0.15) is 18.2 Å². The van der Waals surface area contributed by atoms with Crippen molar-refractivity contribution >= 4 is 11.9 Å². The standard InChI is InChI=1S/C12H13F2NO3/c1-3-15(6-11(16)17)12(18)8-5-9(13)7(2)4-10(8)14/h4-5H,3,6H2,1-2H3,(H,16,17). The molecule has 0 aliphatic heterocycles. The summed E-state index contributed by atoms with van der Waals surface area (Å²) in [5.41, 5.74) is -0.369. The van der Waals surface area contributed by atoms with Crippen molar-refractivity contribution in [2.75, 3.05) is 13.1 Å². The van der Waals surface area contributed by atoms with Crippen LogP contribution < -0.4 is 0 Å². The van der Waals surface area contributed by atoms with E-state index in [0.29, 0.717) is 0 Å². The molecule has 1 amide bonds. The third-order valence-electron chi connectivity index (χ3n) is 2.47. The highest BCUT2D eigenvalue weighted by atomic mass is 19.1. The van der Waals surface area contributed by atoms with Crippen molar-refractivity contribution in [2.45, 2.75) is 13.8 Å². The molecule has 0 unspecified atom stereocenters. The van der Waals surface area contributed by atoms with E-state index in [4.69, 9.17) is 5.11 Å². The zero-order valence-corrected chi connectivity index (χ0v) is 10.0. The van der Waals surface area contributed by atoms with E-state index < -0.39 is 35.6 Å². The van der Waals surface area contributed by atoms with Gasteiger partial charge >= 0.3 is 5.97 Å².